The first kappa shape index (κ1) is 22.3. The van der Waals surface area contributed by atoms with Crippen LogP contribution in [0.4, 0.5) is 5.82 Å². The van der Waals surface area contributed by atoms with Crippen LogP contribution in [0.1, 0.15) is 11.7 Å². The van der Waals surface area contributed by atoms with Gasteiger partial charge in [-0.3, -0.25) is 4.57 Å². The number of aliphatic hydroxyl groups excluding tert-OH is 2. The second kappa shape index (κ2) is 8.93. The van der Waals surface area contributed by atoms with E-state index in [-0.39, 0.29) is 24.8 Å². The maximum absolute atomic E-state index is 12.6. The maximum atomic E-state index is 12.6. The number of benzene rings is 1. The van der Waals surface area contributed by atoms with E-state index in [0.29, 0.717) is 16.7 Å². The summed E-state index contributed by atoms with van der Waals surface area (Å²) >= 11 is 0. The van der Waals surface area contributed by atoms with E-state index in [1.807, 2.05) is 0 Å². The van der Waals surface area contributed by atoms with Gasteiger partial charge in [-0.1, -0.05) is 18.2 Å². The molecule has 0 radical (unpaired) electrons. The van der Waals surface area contributed by atoms with Gasteiger partial charge in [-0.2, -0.15) is 0 Å². The van der Waals surface area contributed by atoms with Crippen molar-refractivity contribution in [2.75, 3.05) is 18.9 Å². The quantitative estimate of drug-likeness (QED) is 0.226. The van der Waals surface area contributed by atoms with Crippen LogP contribution in [-0.2, 0) is 26.2 Å². The van der Waals surface area contributed by atoms with Crippen LogP contribution in [0.15, 0.2) is 36.9 Å². The van der Waals surface area contributed by atoms with E-state index < -0.39 is 40.4 Å². The fourth-order valence-electron chi connectivity index (χ4n) is 3.16. The molecule has 172 valence electrons. The van der Waals surface area contributed by atoms with Crippen molar-refractivity contribution in [3.05, 3.63) is 42.5 Å². The Hall–Kier alpha value is -2.88. The minimum atomic E-state index is -3.96. The number of fused-ring (bicyclic) bond motifs is 1. The summed E-state index contributed by atoms with van der Waals surface area (Å²) in [4.78, 5) is 12.0. The van der Waals surface area contributed by atoms with Gasteiger partial charge in [0.25, 0.3) is 0 Å². The van der Waals surface area contributed by atoms with Gasteiger partial charge in [-0.15, -0.1) is 0 Å². The number of aliphatic hydroxyl groups is 2. The second-order valence-corrected chi connectivity index (χ2v) is 8.95. The zero-order chi connectivity index (χ0) is 22.9. The van der Waals surface area contributed by atoms with E-state index in [1.54, 1.807) is 18.2 Å². The molecule has 3 heterocycles. The number of phenols is 1. The highest BCUT2D eigenvalue weighted by atomic mass is 32.2. The fourth-order valence-corrected chi connectivity index (χ4v) is 4.46. The Morgan fingerprint density at radius 2 is 2.06 bits per heavy atom. The third-order valence-electron chi connectivity index (χ3n) is 4.96. The predicted molar refractivity (Wildman–Crippen MR) is 110 cm³/mol. The maximum Gasteiger partial charge on any atom is 0.241 e. The zero-order valence-corrected chi connectivity index (χ0v) is 17.5. The normalized spacial score (nSPS) is 20.3. The smallest absolute Gasteiger partial charge is 0.241 e. The van der Waals surface area contributed by atoms with Gasteiger partial charge in [0, 0.05) is 12.1 Å². The van der Waals surface area contributed by atoms with E-state index in [2.05, 4.69) is 19.7 Å². The topological polar surface area (TPSA) is 198 Å². The number of nitrogens with zero attached hydrogens (tertiary/aromatic N) is 4. The Morgan fingerprint density at radius 3 is 2.81 bits per heavy atom. The minimum Gasteiger partial charge on any atom is -0.508 e. The molecule has 0 saturated carbocycles. The lowest BCUT2D eigenvalue weighted by Crippen LogP contribution is -2.43. The average Bonchev–Trinajstić information content (AvgIpc) is 3.48. The van der Waals surface area contributed by atoms with Gasteiger partial charge in [0.2, 0.25) is 15.5 Å². The summed E-state index contributed by atoms with van der Waals surface area (Å²) in [7, 11) is -3.96. The van der Waals surface area contributed by atoms with Gasteiger partial charge in [0.05, 0.1) is 12.9 Å². The number of hydrogen-bond donors (Lipinski definition) is 5. The first-order chi connectivity index (χ1) is 15.3. The van der Waals surface area contributed by atoms with Crippen molar-refractivity contribution in [3.63, 3.8) is 0 Å². The van der Waals surface area contributed by atoms with Crippen molar-refractivity contribution in [3.8, 4) is 5.75 Å². The number of aromatic hydroxyl groups is 1. The van der Waals surface area contributed by atoms with Crippen LogP contribution in [0.25, 0.3) is 11.2 Å². The molecule has 0 amide bonds. The highest BCUT2D eigenvalue weighted by Crippen LogP contribution is 2.44. The van der Waals surface area contributed by atoms with E-state index in [9.17, 15) is 23.7 Å². The molecule has 0 aliphatic carbocycles. The molecule has 4 rings (SSSR count). The third kappa shape index (κ3) is 4.50. The van der Waals surface area contributed by atoms with Crippen molar-refractivity contribution in [1.82, 2.24) is 24.2 Å². The summed E-state index contributed by atoms with van der Waals surface area (Å²) in [5.41, 5.74) is 5.68. The van der Waals surface area contributed by atoms with Gasteiger partial charge < -0.3 is 30.5 Å². The highest BCUT2D eigenvalue weighted by molar-refractivity contribution is 7.90. The fraction of sp³-hybridized carbons (Fsp3) is 0.389. The molecule has 0 bridgehead atoms. The number of ether oxygens (including phenoxy) is 2. The zero-order valence-electron chi connectivity index (χ0n) is 16.6. The highest BCUT2D eigenvalue weighted by Gasteiger charge is 2.51. The minimum absolute atomic E-state index is 0.0656. The molecular formula is C18H22N6O7S. The number of nitrogen functional groups attached to an aromatic ring is 1. The molecule has 14 heteroatoms. The number of anilines is 1. The second-order valence-electron chi connectivity index (χ2n) is 7.11. The van der Waals surface area contributed by atoms with Crippen molar-refractivity contribution in [2.45, 2.75) is 30.5 Å². The number of phenolic OH excluding ortho intramolecular Hbond substituents is 1. The molecule has 0 spiro atoms. The van der Waals surface area contributed by atoms with Crippen LogP contribution in [0.3, 0.4) is 0 Å². The van der Waals surface area contributed by atoms with Crippen LogP contribution < -0.4 is 10.5 Å². The number of nitrogens with one attached hydrogen (secondary N) is 1. The Balaban J connectivity index is 1.40. The SMILES string of the molecule is Nc1ncnc2c1ncn2CO[C@H](CNS(=O)(=O)C1OC1c1ccccc1O)C(O)CO. The first-order valence-electron chi connectivity index (χ1n) is 9.55. The Labute approximate surface area is 182 Å². The van der Waals surface area contributed by atoms with Crippen LogP contribution in [0.2, 0.25) is 0 Å². The number of nitrogens with two attached hydrogens (primary N) is 1. The monoisotopic (exact) mass is 466 g/mol. The van der Waals surface area contributed by atoms with Crippen molar-refractivity contribution < 1.29 is 33.2 Å². The lowest BCUT2D eigenvalue weighted by atomic mass is 10.1. The van der Waals surface area contributed by atoms with Crippen LogP contribution in [-0.4, -0.2) is 74.1 Å². The van der Waals surface area contributed by atoms with E-state index in [4.69, 9.17) is 15.2 Å². The van der Waals surface area contributed by atoms with E-state index in [1.165, 1.54) is 23.3 Å². The van der Waals surface area contributed by atoms with Crippen LogP contribution in [0, 0.1) is 0 Å². The average molecular weight is 466 g/mol. The van der Waals surface area contributed by atoms with Gasteiger partial charge in [-0.25, -0.2) is 28.1 Å². The number of hydrogen-bond acceptors (Lipinski definition) is 11. The van der Waals surface area contributed by atoms with Gasteiger partial charge in [0.1, 0.15) is 42.6 Å². The molecule has 1 saturated heterocycles. The Kier molecular flexibility index (Phi) is 6.23. The van der Waals surface area contributed by atoms with Gasteiger partial charge >= 0.3 is 0 Å². The van der Waals surface area contributed by atoms with Crippen molar-refractivity contribution in [1.29, 1.82) is 0 Å². The summed E-state index contributed by atoms with van der Waals surface area (Å²) in [5, 5.41) is 29.3. The number of sulfonamides is 1. The molecule has 1 fully saturated rings. The summed E-state index contributed by atoms with van der Waals surface area (Å²) in [6.07, 6.45) is -0.578. The van der Waals surface area contributed by atoms with Gasteiger partial charge in [-0.05, 0) is 6.07 Å². The number of epoxide rings is 1. The Bertz CT molecular complexity index is 1200. The summed E-state index contributed by atoms with van der Waals surface area (Å²) in [6, 6.07) is 6.29. The largest absolute Gasteiger partial charge is 0.508 e. The lowest BCUT2D eigenvalue weighted by molar-refractivity contribution is -0.0765. The van der Waals surface area contributed by atoms with Gasteiger partial charge in [0.15, 0.2) is 11.5 Å². The molecular weight excluding hydrogens is 444 g/mol. The van der Waals surface area contributed by atoms with E-state index >= 15 is 0 Å². The molecule has 1 aromatic carbocycles. The number of rotatable bonds is 10. The standard InChI is InChI=1S/C18H22N6O7S/c19-16-14-17(21-7-20-16)24(8-22-14)9-30-13(12(27)6-25)5-23-32(28,29)18-15(31-18)10-3-1-2-4-11(10)26/h1-4,7-8,12-13,15,18,23,25-27H,5-6,9H2,(H2,19,20,21)/t12?,13-,15?,18?/m1/s1. The van der Waals surface area contributed by atoms with Crippen LogP contribution >= 0.6 is 0 Å². The molecule has 4 atom stereocenters. The first-order valence-corrected chi connectivity index (χ1v) is 11.1. The van der Waals surface area contributed by atoms with Crippen molar-refractivity contribution in [2.24, 2.45) is 0 Å². The summed E-state index contributed by atoms with van der Waals surface area (Å²) in [6.45, 7) is -1.12. The lowest BCUT2D eigenvalue weighted by Gasteiger charge is -2.22. The number of imidazole rings is 1. The van der Waals surface area contributed by atoms with E-state index in [0.717, 1.165) is 0 Å². The third-order valence-corrected chi connectivity index (χ3v) is 6.50. The predicted octanol–water partition coefficient (Wildman–Crippen LogP) is -1.17. The van der Waals surface area contributed by atoms with Crippen molar-refractivity contribution >= 4 is 27.0 Å². The molecule has 2 aromatic heterocycles. The number of para-hydroxylation sites is 1. The van der Waals surface area contributed by atoms with Crippen LogP contribution in [0.5, 0.6) is 5.75 Å². The molecule has 13 nitrogen and oxygen atoms in total. The Morgan fingerprint density at radius 1 is 1.28 bits per heavy atom. The molecule has 1 aliphatic heterocycles. The summed E-state index contributed by atoms with van der Waals surface area (Å²) in [5.74, 6) is 0.126. The summed E-state index contributed by atoms with van der Waals surface area (Å²) < 4.78 is 39.9. The molecule has 1 aliphatic rings. The number of aromatic nitrogens is 4. The molecule has 3 aromatic rings. The molecule has 32 heavy (non-hydrogen) atoms. The molecule has 3 unspecified atom stereocenters. The molecule has 6 N–H and O–H groups in total.